The molecule has 2 saturated heterocycles. The largest absolute Gasteiger partial charge is 0.370 e. The zero-order valence-corrected chi connectivity index (χ0v) is 11.8. The molecular weight excluding hydrogens is 270 g/mol. The first kappa shape index (κ1) is 14.0. The van der Waals surface area contributed by atoms with Crippen molar-refractivity contribution in [1.82, 2.24) is 5.32 Å². The van der Waals surface area contributed by atoms with E-state index in [9.17, 15) is 9.59 Å². The van der Waals surface area contributed by atoms with Crippen LogP contribution in [0, 0.1) is 0 Å². The molecule has 0 bridgehead atoms. The molecule has 2 amide bonds. The van der Waals surface area contributed by atoms with Crippen LogP contribution in [0.5, 0.6) is 0 Å². The first-order chi connectivity index (χ1) is 10.2. The minimum Gasteiger partial charge on any atom is -0.370 e. The Bertz CT molecular complexity index is 523. The second-order valence-electron chi connectivity index (χ2n) is 5.28. The zero-order valence-electron chi connectivity index (χ0n) is 11.8. The van der Waals surface area contributed by atoms with Crippen molar-refractivity contribution in [1.29, 1.82) is 0 Å². The number of benzene rings is 1. The van der Waals surface area contributed by atoms with Crippen LogP contribution in [0.4, 0.5) is 11.4 Å². The summed E-state index contributed by atoms with van der Waals surface area (Å²) in [5, 5.41) is 6.06. The van der Waals surface area contributed by atoms with E-state index >= 15 is 0 Å². The lowest BCUT2D eigenvalue weighted by molar-refractivity contribution is -0.125. The van der Waals surface area contributed by atoms with Gasteiger partial charge in [0.1, 0.15) is 6.61 Å². The number of nitrogens with zero attached hydrogens (tertiary/aromatic N) is 1. The monoisotopic (exact) mass is 289 g/mol. The quantitative estimate of drug-likeness (QED) is 0.861. The number of rotatable bonds is 3. The van der Waals surface area contributed by atoms with E-state index in [4.69, 9.17) is 4.74 Å². The minimum absolute atomic E-state index is 0.00250. The molecule has 2 aliphatic heterocycles. The summed E-state index contributed by atoms with van der Waals surface area (Å²) in [6, 6.07) is 7.25. The van der Waals surface area contributed by atoms with Crippen LogP contribution < -0.4 is 15.5 Å². The Kier molecular flexibility index (Phi) is 4.17. The predicted molar refractivity (Wildman–Crippen MR) is 79.3 cm³/mol. The molecule has 2 heterocycles. The summed E-state index contributed by atoms with van der Waals surface area (Å²) in [6.45, 7) is 2.15. The Labute approximate surface area is 123 Å². The second kappa shape index (κ2) is 6.24. The lowest BCUT2D eigenvalue weighted by Gasteiger charge is -2.27. The summed E-state index contributed by atoms with van der Waals surface area (Å²) in [4.78, 5) is 25.5. The van der Waals surface area contributed by atoms with Crippen LogP contribution in [0.15, 0.2) is 24.3 Å². The number of hydrogen-bond donors (Lipinski definition) is 2. The second-order valence-corrected chi connectivity index (χ2v) is 5.28. The summed E-state index contributed by atoms with van der Waals surface area (Å²) in [5.74, 6) is -0.0316. The van der Waals surface area contributed by atoms with Crippen molar-refractivity contribution in [3.05, 3.63) is 24.3 Å². The molecule has 0 saturated carbocycles. The highest BCUT2D eigenvalue weighted by Crippen LogP contribution is 2.20. The summed E-state index contributed by atoms with van der Waals surface area (Å²) in [6.07, 6.45) is 1.92. The topological polar surface area (TPSA) is 70.7 Å². The molecular formula is C15H19N3O3. The van der Waals surface area contributed by atoms with Crippen molar-refractivity contribution in [3.8, 4) is 0 Å². The van der Waals surface area contributed by atoms with Gasteiger partial charge in [-0.2, -0.15) is 0 Å². The molecule has 2 fully saturated rings. The van der Waals surface area contributed by atoms with E-state index in [1.165, 1.54) is 0 Å². The third-order valence-electron chi connectivity index (χ3n) is 3.81. The average molecular weight is 289 g/mol. The molecule has 0 radical (unpaired) electrons. The van der Waals surface area contributed by atoms with Gasteiger partial charge in [-0.25, -0.2) is 0 Å². The van der Waals surface area contributed by atoms with Crippen LogP contribution in [0.2, 0.25) is 0 Å². The Balaban J connectivity index is 1.63. The molecule has 0 aliphatic carbocycles. The predicted octanol–water partition coefficient (Wildman–Crippen LogP) is 0.740. The fourth-order valence-corrected chi connectivity index (χ4v) is 2.65. The molecule has 3 rings (SSSR count). The molecule has 1 atom stereocenters. The van der Waals surface area contributed by atoms with E-state index in [0.29, 0.717) is 13.2 Å². The van der Waals surface area contributed by atoms with Crippen LogP contribution in [0.3, 0.4) is 0 Å². The SMILES string of the molecule is O=C(Nc1ccc(N2CCOCC2=O)cc1)[C@H]1CCCN1. The number of amides is 2. The van der Waals surface area contributed by atoms with E-state index in [1.54, 1.807) is 4.90 Å². The molecule has 6 nitrogen and oxygen atoms in total. The van der Waals surface area contributed by atoms with Gasteiger partial charge in [0.15, 0.2) is 0 Å². The highest BCUT2D eigenvalue weighted by molar-refractivity contribution is 5.97. The molecule has 6 heteroatoms. The van der Waals surface area contributed by atoms with Gasteiger partial charge in [0.25, 0.3) is 5.91 Å². The van der Waals surface area contributed by atoms with Crippen molar-refractivity contribution >= 4 is 23.2 Å². The van der Waals surface area contributed by atoms with Gasteiger partial charge in [0.05, 0.1) is 12.6 Å². The third-order valence-corrected chi connectivity index (χ3v) is 3.81. The molecule has 21 heavy (non-hydrogen) atoms. The number of anilines is 2. The number of carbonyl (C=O) groups excluding carboxylic acids is 2. The molecule has 112 valence electrons. The van der Waals surface area contributed by atoms with E-state index < -0.39 is 0 Å². The van der Waals surface area contributed by atoms with Crippen molar-refractivity contribution in [2.45, 2.75) is 18.9 Å². The van der Waals surface area contributed by atoms with Crippen LogP contribution in [-0.2, 0) is 14.3 Å². The fraction of sp³-hybridized carbons (Fsp3) is 0.467. The van der Waals surface area contributed by atoms with Gasteiger partial charge < -0.3 is 20.3 Å². The van der Waals surface area contributed by atoms with Crippen molar-refractivity contribution < 1.29 is 14.3 Å². The van der Waals surface area contributed by atoms with Crippen LogP contribution in [0.25, 0.3) is 0 Å². The standard InChI is InChI=1S/C15H19N3O3/c19-14-10-21-9-8-18(14)12-5-3-11(4-6-12)17-15(20)13-2-1-7-16-13/h3-6,13,16H,1-2,7-10H2,(H,17,20)/t13-/m1/s1. The molecule has 1 aromatic rings. The van der Waals surface area contributed by atoms with Crippen molar-refractivity contribution in [2.24, 2.45) is 0 Å². The van der Waals surface area contributed by atoms with Gasteiger partial charge in [-0.15, -0.1) is 0 Å². The zero-order chi connectivity index (χ0) is 14.7. The summed E-state index contributed by atoms with van der Waals surface area (Å²) in [7, 11) is 0. The van der Waals surface area contributed by atoms with Gasteiger partial charge >= 0.3 is 0 Å². The van der Waals surface area contributed by atoms with Gasteiger partial charge in [0.2, 0.25) is 5.91 Å². The Morgan fingerprint density at radius 2 is 2.14 bits per heavy atom. The number of hydrogen-bond acceptors (Lipinski definition) is 4. The highest BCUT2D eigenvalue weighted by atomic mass is 16.5. The molecule has 1 aromatic carbocycles. The third kappa shape index (κ3) is 3.22. The van der Waals surface area contributed by atoms with E-state index in [-0.39, 0.29) is 24.5 Å². The van der Waals surface area contributed by atoms with Crippen molar-refractivity contribution in [3.63, 3.8) is 0 Å². The lowest BCUT2D eigenvalue weighted by Crippen LogP contribution is -2.41. The Morgan fingerprint density at radius 3 is 2.81 bits per heavy atom. The molecule has 2 aliphatic rings. The van der Waals surface area contributed by atoms with Crippen LogP contribution in [-0.4, -0.2) is 44.2 Å². The van der Waals surface area contributed by atoms with E-state index in [0.717, 1.165) is 30.8 Å². The fourth-order valence-electron chi connectivity index (χ4n) is 2.65. The van der Waals surface area contributed by atoms with E-state index in [1.807, 2.05) is 24.3 Å². The maximum absolute atomic E-state index is 12.0. The van der Waals surface area contributed by atoms with Crippen LogP contribution in [0.1, 0.15) is 12.8 Å². The smallest absolute Gasteiger partial charge is 0.253 e. The first-order valence-electron chi connectivity index (χ1n) is 7.26. The normalized spacial score (nSPS) is 22.4. The van der Waals surface area contributed by atoms with Gasteiger partial charge in [0, 0.05) is 17.9 Å². The summed E-state index contributed by atoms with van der Waals surface area (Å²) >= 11 is 0. The maximum Gasteiger partial charge on any atom is 0.253 e. The first-order valence-corrected chi connectivity index (χ1v) is 7.26. The lowest BCUT2D eigenvalue weighted by atomic mass is 10.2. The number of ether oxygens (including phenoxy) is 1. The molecule has 0 unspecified atom stereocenters. The van der Waals surface area contributed by atoms with Gasteiger partial charge in [-0.05, 0) is 43.7 Å². The molecule has 0 aromatic heterocycles. The Hall–Kier alpha value is -1.92. The van der Waals surface area contributed by atoms with Gasteiger partial charge in [-0.1, -0.05) is 0 Å². The summed E-state index contributed by atoms with van der Waals surface area (Å²) in [5.41, 5.74) is 1.58. The number of nitrogens with one attached hydrogen (secondary N) is 2. The maximum atomic E-state index is 12.0. The molecule has 2 N–H and O–H groups in total. The van der Waals surface area contributed by atoms with Gasteiger partial charge in [-0.3, -0.25) is 9.59 Å². The molecule has 0 spiro atoms. The van der Waals surface area contributed by atoms with E-state index in [2.05, 4.69) is 10.6 Å². The highest BCUT2D eigenvalue weighted by Gasteiger charge is 2.22. The van der Waals surface area contributed by atoms with Crippen molar-refractivity contribution in [2.75, 3.05) is 36.5 Å². The Morgan fingerprint density at radius 1 is 1.33 bits per heavy atom. The number of morpholine rings is 1. The minimum atomic E-state index is -0.0921. The number of carbonyl (C=O) groups is 2. The van der Waals surface area contributed by atoms with Crippen LogP contribution >= 0.6 is 0 Å². The average Bonchev–Trinajstić information content (AvgIpc) is 3.03. The summed E-state index contributed by atoms with van der Waals surface area (Å²) < 4.78 is 5.11.